The molecule has 5 heteroatoms. The van der Waals surface area contributed by atoms with Crippen LogP contribution in [0.15, 0.2) is 41.3 Å². The molecule has 0 radical (unpaired) electrons. The summed E-state index contributed by atoms with van der Waals surface area (Å²) in [6.45, 7) is 4.15. The van der Waals surface area contributed by atoms with E-state index >= 15 is 0 Å². The minimum absolute atomic E-state index is 0.522. The molecule has 21 heavy (non-hydrogen) atoms. The van der Waals surface area contributed by atoms with Gasteiger partial charge in [-0.15, -0.1) is 11.8 Å². The zero-order chi connectivity index (χ0) is 15.4. The maximum absolute atomic E-state index is 9.47. The van der Waals surface area contributed by atoms with E-state index in [4.69, 9.17) is 4.74 Å². The first kappa shape index (κ1) is 16.0. The molecule has 110 valence electrons. The van der Waals surface area contributed by atoms with Crippen LogP contribution in [0.25, 0.3) is 0 Å². The Balaban J connectivity index is 2.24. The van der Waals surface area contributed by atoms with Gasteiger partial charge in [0, 0.05) is 10.6 Å². The summed E-state index contributed by atoms with van der Waals surface area (Å²) in [5, 5.41) is 18.9. The van der Waals surface area contributed by atoms with Gasteiger partial charge in [0.05, 0.1) is 7.11 Å². The Morgan fingerprint density at radius 2 is 1.86 bits per heavy atom. The molecule has 2 aromatic carbocycles. The third-order valence-electron chi connectivity index (χ3n) is 3.36. The van der Waals surface area contributed by atoms with Crippen LogP contribution in [-0.4, -0.2) is 24.3 Å². The Morgan fingerprint density at radius 3 is 2.52 bits per heavy atom. The summed E-state index contributed by atoms with van der Waals surface area (Å²) in [5.74, 6) is 1.38. The van der Waals surface area contributed by atoms with E-state index in [1.54, 1.807) is 31.0 Å². The second-order valence-electron chi connectivity index (χ2n) is 5.00. The number of hydrogen-bond acceptors (Lipinski definition) is 4. The smallest absolute Gasteiger partial charge is 0.488 e. The van der Waals surface area contributed by atoms with Crippen molar-refractivity contribution in [2.75, 3.05) is 7.11 Å². The molecule has 0 spiro atoms. The van der Waals surface area contributed by atoms with Crippen LogP contribution in [0.4, 0.5) is 0 Å². The fourth-order valence-corrected chi connectivity index (χ4v) is 3.23. The van der Waals surface area contributed by atoms with Crippen LogP contribution in [0.1, 0.15) is 16.7 Å². The first-order chi connectivity index (χ1) is 10.0. The molecule has 0 heterocycles. The maximum Gasteiger partial charge on any atom is 0.488 e. The number of aryl methyl sites for hydroxylation is 2. The predicted molar refractivity (Wildman–Crippen MR) is 88.3 cm³/mol. The molecule has 0 saturated carbocycles. The van der Waals surface area contributed by atoms with Gasteiger partial charge in [-0.1, -0.05) is 23.8 Å². The number of thioether (sulfide) groups is 1. The predicted octanol–water partition coefficient (Wildman–Crippen LogP) is 2.28. The number of rotatable bonds is 5. The van der Waals surface area contributed by atoms with Crippen molar-refractivity contribution in [3.63, 3.8) is 0 Å². The molecule has 2 rings (SSSR count). The monoisotopic (exact) mass is 302 g/mol. The Hall–Kier alpha value is -1.43. The third kappa shape index (κ3) is 4.03. The highest BCUT2D eigenvalue weighted by Crippen LogP contribution is 2.27. The van der Waals surface area contributed by atoms with E-state index in [-0.39, 0.29) is 0 Å². The third-order valence-corrected chi connectivity index (χ3v) is 4.56. The van der Waals surface area contributed by atoms with Crippen molar-refractivity contribution in [1.29, 1.82) is 0 Å². The van der Waals surface area contributed by atoms with Gasteiger partial charge < -0.3 is 14.8 Å². The van der Waals surface area contributed by atoms with Gasteiger partial charge in [-0.2, -0.15) is 0 Å². The van der Waals surface area contributed by atoms with Crippen LogP contribution in [0.3, 0.4) is 0 Å². The lowest BCUT2D eigenvalue weighted by atomic mass is 9.77. The average molecular weight is 302 g/mol. The van der Waals surface area contributed by atoms with Crippen molar-refractivity contribution in [1.82, 2.24) is 0 Å². The van der Waals surface area contributed by atoms with Crippen molar-refractivity contribution < 1.29 is 14.8 Å². The number of hydrogen-bond donors (Lipinski definition) is 2. The van der Waals surface area contributed by atoms with E-state index in [1.807, 2.05) is 6.07 Å². The molecule has 0 fully saturated rings. The lowest BCUT2D eigenvalue weighted by molar-refractivity contribution is 0.413. The van der Waals surface area contributed by atoms with Gasteiger partial charge >= 0.3 is 7.12 Å². The van der Waals surface area contributed by atoms with Crippen LogP contribution in [0, 0.1) is 13.8 Å². The quantitative estimate of drug-likeness (QED) is 0.657. The van der Waals surface area contributed by atoms with E-state index < -0.39 is 7.12 Å². The highest BCUT2D eigenvalue weighted by atomic mass is 32.2. The summed E-state index contributed by atoms with van der Waals surface area (Å²) in [6, 6.07) is 11.6. The Kier molecular flexibility index (Phi) is 5.34. The molecule has 0 aliphatic rings. The van der Waals surface area contributed by atoms with Crippen molar-refractivity contribution in [2.45, 2.75) is 24.5 Å². The molecule has 0 bridgehead atoms. The minimum Gasteiger partial charge on any atom is -0.497 e. The first-order valence-electron chi connectivity index (χ1n) is 6.74. The molecule has 0 unspecified atom stereocenters. The van der Waals surface area contributed by atoms with Crippen molar-refractivity contribution in [2.24, 2.45) is 0 Å². The molecule has 0 atom stereocenters. The highest BCUT2D eigenvalue weighted by molar-refractivity contribution is 7.98. The van der Waals surface area contributed by atoms with E-state index in [0.29, 0.717) is 11.2 Å². The van der Waals surface area contributed by atoms with Crippen molar-refractivity contribution in [3.05, 3.63) is 53.1 Å². The molecule has 0 amide bonds. The molecular formula is C16H19BO3S. The van der Waals surface area contributed by atoms with Gasteiger partial charge in [-0.05, 0) is 48.6 Å². The SMILES string of the molecule is COc1ccc(B(O)O)c(CSc2cc(C)ccc2C)c1. The molecule has 2 N–H and O–H groups in total. The lowest BCUT2D eigenvalue weighted by Crippen LogP contribution is -2.32. The lowest BCUT2D eigenvalue weighted by Gasteiger charge is -2.12. The summed E-state index contributed by atoms with van der Waals surface area (Å²) in [4.78, 5) is 1.20. The zero-order valence-corrected chi connectivity index (χ0v) is 13.3. The molecule has 0 aromatic heterocycles. The molecular weight excluding hydrogens is 283 g/mol. The summed E-state index contributed by atoms with van der Waals surface area (Å²) in [7, 11) is 0.136. The van der Waals surface area contributed by atoms with E-state index in [9.17, 15) is 10.0 Å². The van der Waals surface area contributed by atoms with Crippen molar-refractivity contribution in [3.8, 4) is 5.75 Å². The average Bonchev–Trinajstić information content (AvgIpc) is 2.47. The Morgan fingerprint density at radius 1 is 1.10 bits per heavy atom. The molecule has 0 aliphatic heterocycles. The van der Waals surface area contributed by atoms with Gasteiger partial charge in [0.25, 0.3) is 0 Å². The standard InChI is InChI=1S/C16H19BO3S/c1-11-4-5-12(2)16(8-11)21-10-13-9-14(20-3)6-7-15(13)17(18)19/h4-9,18-19H,10H2,1-3H3. The van der Waals surface area contributed by atoms with Crippen LogP contribution < -0.4 is 10.2 Å². The summed E-state index contributed by atoms with van der Waals surface area (Å²) in [5.41, 5.74) is 3.83. The van der Waals surface area contributed by atoms with Gasteiger partial charge in [0.1, 0.15) is 5.75 Å². The van der Waals surface area contributed by atoms with Crippen LogP contribution >= 0.6 is 11.8 Å². The van der Waals surface area contributed by atoms with Gasteiger partial charge in [0.15, 0.2) is 0 Å². The van der Waals surface area contributed by atoms with E-state index in [2.05, 4.69) is 32.0 Å². The normalized spacial score (nSPS) is 10.5. The fourth-order valence-electron chi connectivity index (χ4n) is 2.10. The maximum atomic E-state index is 9.47. The second kappa shape index (κ2) is 7.03. The van der Waals surface area contributed by atoms with Crippen LogP contribution in [-0.2, 0) is 5.75 Å². The summed E-state index contributed by atoms with van der Waals surface area (Å²) < 4.78 is 5.21. The second-order valence-corrected chi connectivity index (χ2v) is 6.01. The van der Waals surface area contributed by atoms with Gasteiger partial charge in [-0.3, -0.25) is 0 Å². The molecule has 0 saturated heterocycles. The largest absolute Gasteiger partial charge is 0.497 e. The summed E-state index contributed by atoms with van der Waals surface area (Å²) in [6.07, 6.45) is 0. The van der Waals surface area contributed by atoms with Crippen LogP contribution in [0.2, 0.25) is 0 Å². The fraction of sp³-hybridized carbons (Fsp3) is 0.250. The highest BCUT2D eigenvalue weighted by Gasteiger charge is 2.17. The first-order valence-corrected chi connectivity index (χ1v) is 7.73. The van der Waals surface area contributed by atoms with Gasteiger partial charge in [0.2, 0.25) is 0 Å². The molecule has 3 nitrogen and oxygen atoms in total. The van der Waals surface area contributed by atoms with E-state index in [1.165, 1.54) is 16.0 Å². The Labute approximate surface area is 130 Å². The molecule has 0 aliphatic carbocycles. The van der Waals surface area contributed by atoms with E-state index in [0.717, 1.165) is 11.3 Å². The summed E-state index contributed by atoms with van der Waals surface area (Å²) >= 11 is 1.69. The molecule has 2 aromatic rings. The minimum atomic E-state index is -1.47. The zero-order valence-electron chi connectivity index (χ0n) is 12.5. The Bertz CT molecular complexity index is 629. The van der Waals surface area contributed by atoms with Crippen LogP contribution in [0.5, 0.6) is 5.75 Å². The number of ether oxygens (including phenoxy) is 1. The van der Waals surface area contributed by atoms with Gasteiger partial charge in [-0.25, -0.2) is 0 Å². The number of benzene rings is 2. The topological polar surface area (TPSA) is 49.7 Å². The number of methoxy groups -OCH3 is 1. The van der Waals surface area contributed by atoms with Crippen molar-refractivity contribution >= 4 is 24.3 Å².